The number of amides is 3. The van der Waals surface area contributed by atoms with Crippen molar-refractivity contribution < 1.29 is 14.4 Å². The first-order valence-electron chi connectivity index (χ1n) is 10.7. The van der Waals surface area contributed by atoms with Crippen molar-refractivity contribution in [3.63, 3.8) is 0 Å². The molecule has 1 atom stereocenters. The van der Waals surface area contributed by atoms with Gasteiger partial charge in [0.2, 0.25) is 15.9 Å². The van der Waals surface area contributed by atoms with Crippen LogP contribution < -0.4 is 10.6 Å². The molecule has 8 nitrogen and oxygen atoms in total. The van der Waals surface area contributed by atoms with Gasteiger partial charge in [0.25, 0.3) is 11.8 Å². The molecule has 0 aliphatic carbocycles. The minimum atomic E-state index is -0.383. The molecule has 1 fully saturated rings. The van der Waals surface area contributed by atoms with Gasteiger partial charge in [-0.3, -0.25) is 14.4 Å². The second kappa shape index (κ2) is 10.5. The van der Waals surface area contributed by atoms with Crippen molar-refractivity contribution >= 4 is 34.7 Å². The Bertz CT molecular complexity index is 919. The van der Waals surface area contributed by atoms with Crippen LogP contribution in [0, 0.1) is 12.8 Å². The van der Waals surface area contributed by atoms with Gasteiger partial charge in [0.05, 0.1) is 0 Å². The summed E-state index contributed by atoms with van der Waals surface area (Å²) in [7, 11) is 0. The number of carbonyl (C=O) groups is 3. The molecular weight excluding hydrogens is 414 g/mol. The minimum Gasteiger partial charge on any atom is -0.354 e. The molecule has 0 radical (unpaired) electrons. The molecule has 0 spiro atoms. The molecule has 1 aliphatic heterocycles. The number of hydrogen-bond acceptors (Lipinski definition) is 6. The van der Waals surface area contributed by atoms with E-state index in [-0.39, 0.29) is 39.7 Å². The average Bonchev–Trinajstić information content (AvgIpc) is 3.25. The number of benzene rings is 1. The van der Waals surface area contributed by atoms with E-state index >= 15 is 0 Å². The fourth-order valence-electron chi connectivity index (χ4n) is 3.40. The molecule has 0 bridgehead atoms. The Hall–Kier alpha value is -2.81. The lowest BCUT2D eigenvalue weighted by molar-refractivity contribution is -0.122. The molecule has 1 aromatic heterocycles. The minimum absolute atomic E-state index is 0.0764. The van der Waals surface area contributed by atoms with Gasteiger partial charge in [-0.25, -0.2) is 0 Å². The summed E-state index contributed by atoms with van der Waals surface area (Å²) in [5, 5.41) is 13.9. The summed E-state index contributed by atoms with van der Waals surface area (Å²) in [6.07, 6.45) is 2.96. The monoisotopic (exact) mass is 443 g/mol. The first-order valence-corrected chi connectivity index (χ1v) is 11.5. The van der Waals surface area contributed by atoms with Crippen molar-refractivity contribution in [3.05, 3.63) is 39.8 Å². The van der Waals surface area contributed by atoms with Crippen LogP contribution in [-0.4, -0.2) is 52.0 Å². The van der Waals surface area contributed by atoms with E-state index in [0.717, 1.165) is 36.2 Å². The Balaban J connectivity index is 1.50. The molecule has 2 aromatic rings. The second-order valence-electron chi connectivity index (χ2n) is 8.05. The van der Waals surface area contributed by atoms with Crippen molar-refractivity contribution in [1.29, 1.82) is 0 Å². The van der Waals surface area contributed by atoms with Gasteiger partial charge in [0.1, 0.15) is 0 Å². The third kappa shape index (κ3) is 6.33. The number of likely N-dealkylation sites (tertiary alicyclic amines) is 1. The summed E-state index contributed by atoms with van der Waals surface area (Å²) in [5.74, 6) is -0.244. The first kappa shape index (κ1) is 22.9. The van der Waals surface area contributed by atoms with Crippen LogP contribution in [0.15, 0.2) is 24.3 Å². The number of anilines is 1. The van der Waals surface area contributed by atoms with E-state index in [9.17, 15) is 14.4 Å². The predicted octanol–water partition coefficient (Wildman–Crippen LogP) is 3.26. The number of hydrogen-bond donors (Lipinski definition) is 2. The van der Waals surface area contributed by atoms with Crippen LogP contribution in [0.5, 0.6) is 0 Å². The zero-order valence-electron chi connectivity index (χ0n) is 18.2. The molecule has 1 unspecified atom stereocenters. The fourth-order valence-corrected chi connectivity index (χ4v) is 4.10. The number of rotatable bonds is 7. The van der Waals surface area contributed by atoms with E-state index in [2.05, 4.69) is 20.8 Å². The van der Waals surface area contributed by atoms with Crippen LogP contribution in [0.3, 0.4) is 0 Å². The standard InChI is InChI=1S/C22H29N5O3S/c1-4-15(3)23-18(28)13-16-9-11-27(12-10-16)22(30)21-26-25-20(31-21)19(29)24-17-7-5-14(2)6-8-17/h5-8,15-16H,4,9-13H2,1-3H3,(H,23,28)(H,24,29). The largest absolute Gasteiger partial charge is 0.354 e. The van der Waals surface area contributed by atoms with E-state index in [1.807, 2.05) is 45.0 Å². The summed E-state index contributed by atoms with van der Waals surface area (Å²) < 4.78 is 0. The maximum absolute atomic E-state index is 12.8. The maximum atomic E-state index is 12.8. The zero-order valence-corrected chi connectivity index (χ0v) is 19.0. The van der Waals surface area contributed by atoms with E-state index in [4.69, 9.17) is 0 Å². The average molecular weight is 444 g/mol. The first-order chi connectivity index (χ1) is 14.9. The quantitative estimate of drug-likeness (QED) is 0.684. The van der Waals surface area contributed by atoms with E-state index < -0.39 is 0 Å². The van der Waals surface area contributed by atoms with Crippen LogP contribution in [-0.2, 0) is 4.79 Å². The molecule has 31 heavy (non-hydrogen) atoms. The Kier molecular flexibility index (Phi) is 7.73. The summed E-state index contributed by atoms with van der Waals surface area (Å²) in [6.45, 7) is 7.16. The Morgan fingerprint density at radius 1 is 1.13 bits per heavy atom. The van der Waals surface area contributed by atoms with Crippen LogP contribution in [0.1, 0.15) is 64.7 Å². The SMILES string of the molecule is CCC(C)NC(=O)CC1CCN(C(=O)c2nnc(C(=O)Nc3ccc(C)cc3)s2)CC1. The van der Waals surface area contributed by atoms with Crippen molar-refractivity contribution in [2.75, 3.05) is 18.4 Å². The predicted molar refractivity (Wildman–Crippen MR) is 120 cm³/mol. The molecular formula is C22H29N5O3S. The molecule has 2 heterocycles. The second-order valence-corrected chi connectivity index (χ2v) is 9.03. The van der Waals surface area contributed by atoms with Gasteiger partial charge in [0.15, 0.2) is 0 Å². The smallest absolute Gasteiger partial charge is 0.286 e. The number of nitrogens with zero attached hydrogens (tertiary/aromatic N) is 3. The summed E-state index contributed by atoms with van der Waals surface area (Å²) in [6, 6.07) is 7.62. The zero-order chi connectivity index (χ0) is 22.4. The molecule has 3 amide bonds. The highest BCUT2D eigenvalue weighted by Crippen LogP contribution is 2.23. The number of aryl methyl sites for hydroxylation is 1. The van der Waals surface area contributed by atoms with E-state index in [1.165, 1.54) is 0 Å². The van der Waals surface area contributed by atoms with Crippen molar-refractivity contribution in [3.8, 4) is 0 Å². The van der Waals surface area contributed by atoms with Gasteiger partial charge < -0.3 is 15.5 Å². The molecule has 1 aromatic carbocycles. The summed E-state index contributed by atoms with van der Waals surface area (Å²) in [5.41, 5.74) is 1.76. The van der Waals surface area contributed by atoms with Gasteiger partial charge in [0, 0.05) is 31.2 Å². The van der Waals surface area contributed by atoms with Crippen LogP contribution in [0.4, 0.5) is 5.69 Å². The Morgan fingerprint density at radius 3 is 2.42 bits per heavy atom. The van der Waals surface area contributed by atoms with Crippen molar-refractivity contribution in [1.82, 2.24) is 20.4 Å². The Morgan fingerprint density at radius 2 is 1.77 bits per heavy atom. The molecule has 9 heteroatoms. The van der Waals surface area contributed by atoms with Crippen molar-refractivity contribution in [2.24, 2.45) is 5.92 Å². The molecule has 1 aliphatic rings. The highest BCUT2D eigenvalue weighted by molar-refractivity contribution is 7.15. The van der Waals surface area contributed by atoms with E-state index in [1.54, 1.807) is 4.90 Å². The topological polar surface area (TPSA) is 104 Å². The fraction of sp³-hybridized carbons (Fsp3) is 0.500. The third-order valence-corrected chi connectivity index (χ3v) is 6.42. The summed E-state index contributed by atoms with van der Waals surface area (Å²) >= 11 is 0.996. The third-order valence-electron chi connectivity index (χ3n) is 5.51. The normalized spacial score (nSPS) is 15.4. The van der Waals surface area contributed by atoms with Crippen LogP contribution >= 0.6 is 11.3 Å². The number of aromatic nitrogens is 2. The van der Waals surface area contributed by atoms with Gasteiger partial charge in [-0.05, 0) is 51.2 Å². The van der Waals surface area contributed by atoms with Gasteiger partial charge in [-0.2, -0.15) is 0 Å². The molecule has 3 rings (SSSR count). The van der Waals surface area contributed by atoms with Gasteiger partial charge in [-0.1, -0.05) is 36.0 Å². The summed E-state index contributed by atoms with van der Waals surface area (Å²) in [4.78, 5) is 39.0. The van der Waals surface area contributed by atoms with Crippen LogP contribution in [0.2, 0.25) is 0 Å². The lowest BCUT2D eigenvalue weighted by atomic mass is 9.93. The molecule has 2 N–H and O–H groups in total. The molecule has 0 saturated carbocycles. The number of piperidine rings is 1. The maximum Gasteiger partial charge on any atom is 0.286 e. The highest BCUT2D eigenvalue weighted by atomic mass is 32.1. The van der Waals surface area contributed by atoms with Crippen LogP contribution in [0.25, 0.3) is 0 Å². The van der Waals surface area contributed by atoms with Gasteiger partial charge >= 0.3 is 0 Å². The number of carbonyl (C=O) groups excluding carboxylic acids is 3. The number of nitrogens with one attached hydrogen (secondary N) is 2. The molecule has 1 saturated heterocycles. The molecule has 166 valence electrons. The lowest BCUT2D eigenvalue weighted by Gasteiger charge is -2.31. The van der Waals surface area contributed by atoms with Crippen molar-refractivity contribution in [2.45, 2.75) is 52.5 Å². The van der Waals surface area contributed by atoms with E-state index in [0.29, 0.717) is 25.2 Å². The Labute approximate surface area is 186 Å². The highest BCUT2D eigenvalue weighted by Gasteiger charge is 2.28. The lowest BCUT2D eigenvalue weighted by Crippen LogP contribution is -2.40. The van der Waals surface area contributed by atoms with Gasteiger partial charge in [-0.15, -0.1) is 10.2 Å².